The lowest BCUT2D eigenvalue weighted by molar-refractivity contribution is 0.180. The first kappa shape index (κ1) is 14.9. The second-order valence-corrected chi connectivity index (χ2v) is 6.81. The molecular formula is C16H25N3O. The average molecular weight is 275 g/mol. The van der Waals surface area contributed by atoms with Gasteiger partial charge >= 0.3 is 6.03 Å². The predicted octanol–water partition coefficient (Wildman–Crippen LogP) is 2.18. The van der Waals surface area contributed by atoms with E-state index in [0.29, 0.717) is 13.1 Å². The Balaban J connectivity index is 2.16. The van der Waals surface area contributed by atoms with E-state index in [0.717, 1.165) is 6.42 Å². The lowest BCUT2D eigenvalue weighted by atomic mass is 9.83. The Kier molecular flexibility index (Phi) is 4.04. The molecular weight excluding hydrogens is 250 g/mol. The lowest BCUT2D eigenvalue weighted by Crippen LogP contribution is -2.50. The number of likely N-dealkylation sites (tertiary alicyclic amines) is 1. The lowest BCUT2D eigenvalue weighted by Gasteiger charge is -2.35. The molecule has 1 aromatic rings. The summed E-state index contributed by atoms with van der Waals surface area (Å²) in [6, 6.07) is 8.28. The van der Waals surface area contributed by atoms with Gasteiger partial charge in [-0.05, 0) is 23.0 Å². The molecule has 1 fully saturated rings. The number of nitrogens with zero attached hydrogens (tertiary/aromatic N) is 1. The Labute approximate surface area is 121 Å². The van der Waals surface area contributed by atoms with Crippen molar-refractivity contribution in [2.24, 2.45) is 11.5 Å². The molecule has 20 heavy (non-hydrogen) atoms. The van der Waals surface area contributed by atoms with Crippen LogP contribution >= 0.6 is 0 Å². The van der Waals surface area contributed by atoms with Crippen molar-refractivity contribution >= 4 is 6.03 Å². The van der Waals surface area contributed by atoms with E-state index in [1.54, 1.807) is 4.90 Å². The number of benzene rings is 1. The Morgan fingerprint density at radius 3 is 2.30 bits per heavy atom. The van der Waals surface area contributed by atoms with Crippen LogP contribution in [0.2, 0.25) is 0 Å². The number of rotatable bonds is 1. The van der Waals surface area contributed by atoms with Crippen molar-refractivity contribution in [3.05, 3.63) is 35.4 Å². The highest BCUT2D eigenvalue weighted by molar-refractivity contribution is 5.72. The molecule has 4 heteroatoms. The first-order valence-electron chi connectivity index (χ1n) is 7.18. The van der Waals surface area contributed by atoms with E-state index in [2.05, 4.69) is 45.0 Å². The summed E-state index contributed by atoms with van der Waals surface area (Å²) in [4.78, 5) is 13.0. The summed E-state index contributed by atoms with van der Waals surface area (Å²) in [7, 11) is 0. The number of carbonyl (C=O) groups excluding carboxylic acids is 1. The highest BCUT2D eigenvalue weighted by atomic mass is 16.2. The molecule has 0 aliphatic carbocycles. The molecule has 1 aliphatic rings. The fourth-order valence-electron chi connectivity index (χ4n) is 2.81. The van der Waals surface area contributed by atoms with Crippen LogP contribution in [0.5, 0.6) is 0 Å². The van der Waals surface area contributed by atoms with E-state index in [-0.39, 0.29) is 23.4 Å². The minimum absolute atomic E-state index is 0.00328. The maximum Gasteiger partial charge on any atom is 0.314 e. The maximum absolute atomic E-state index is 11.4. The van der Waals surface area contributed by atoms with E-state index in [9.17, 15) is 4.79 Å². The van der Waals surface area contributed by atoms with Crippen LogP contribution in [0.25, 0.3) is 0 Å². The summed E-state index contributed by atoms with van der Waals surface area (Å²) in [5, 5.41) is 0. The van der Waals surface area contributed by atoms with Gasteiger partial charge in [0.1, 0.15) is 0 Å². The molecule has 2 amide bonds. The van der Waals surface area contributed by atoms with Crippen LogP contribution in [0.4, 0.5) is 4.79 Å². The number of hydrogen-bond acceptors (Lipinski definition) is 2. The third-order valence-electron chi connectivity index (χ3n) is 4.04. The van der Waals surface area contributed by atoms with E-state index in [1.807, 2.05) is 0 Å². The summed E-state index contributed by atoms with van der Waals surface area (Å²) < 4.78 is 0. The van der Waals surface area contributed by atoms with Gasteiger partial charge < -0.3 is 16.4 Å². The van der Waals surface area contributed by atoms with Crippen LogP contribution < -0.4 is 11.5 Å². The van der Waals surface area contributed by atoms with Gasteiger partial charge in [0.2, 0.25) is 0 Å². The van der Waals surface area contributed by atoms with Gasteiger partial charge in [0.05, 0.1) is 0 Å². The molecule has 0 saturated carbocycles. The summed E-state index contributed by atoms with van der Waals surface area (Å²) in [6.45, 7) is 7.83. The zero-order chi connectivity index (χ0) is 14.9. The minimum atomic E-state index is -0.378. The van der Waals surface area contributed by atoms with Gasteiger partial charge in [0, 0.05) is 25.0 Å². The Morgan fingerprint density at radius 1 is 1.20 bits per heavy atom. The van der Waals surface area contributed by atoms with Crippen molar-refractivity contribution in [2.45, 2.75) is 44.6 Å². The molecule has 2 unspecified atom stereocenters. The molecule has 0 bridgehead atoms. The van der Waals surface area contributed by atoms with Crippen LogP contribution in [-0.4, -0.2) is 30.1 Å². The average Bonchev–Trinajstić information content (AvgIpc) is 2.37. The van der Waals surface area contributed by atoms with E-state index in [1.165, 1.54) is 11.1 Å². The molecule has 0 aromatic heterocycles. The van der Waals surface area contributed by atoms with E-state index < -0.39 is 0 Å². The number of hydrogen-bond donors (Lipinski definition) is 2. The Bertz CT molecular complexity index is 475. The zero-order valence-electron chi connectivity index (χ0n) is 12.6. The molecule has 4 nitrogen and oxygen atoms in total. The monoisotopic (exact) mass is 275 g/mol. The predicted molar refractivity (Wildman–Crippen MR) is 81.6 cm³/mol. The van der Waals surface area contributed by atoms with Crippen LogP contribution in [0.3, 0.4) is 0 Å². The summed E-state index contributed by atoms with van der Waals surface area (Å²) in [6.07, 6.45) is 0.901. The van der Waals surface area contributed by atoms with Crippen molar-refractivity contribution in [3.63, 3.8) is 0 Å². The van der Waals surface area contributed by atoms with Gasteiger partial charge in [-0.1, -0.05) is 45.0 Å². The first-order valence-corrected chi connectivity index (χ1v) is 7.18. The van der Waals surface area contributed by atoms with Crippen LogP contribution in [0.1, 0.15) is 44.2 Å². The highest BCUT2D eigenvalue weighted by Gasteiger charge is 2.28. The standard InChI is InChI=1S/C16H25N3O/c1-16(2,3)13-6-4-11(5-7-13)12-8-14(17)10-19(9-12)15(18)20/h4-7,12,14H,8-10,17H2,1-3H3,(H2,18,20). The number of amides is 2. The Morgan fingerprint density at radius 2 is 1.80 bits per heavy atom. The number of primary amides is 1. The smallest absolute Gasteiger partial charge is 0.314 e. The summed E-state index contributed by atoms with van der Waals surface area (Å²) in [5.41, 5.74) is 14.1. The summed E-state index contributed by atoms with van der Waals surface area (Å²) in [5.74, 6) is 0.278. The largest absolute Gasteiger partial charge is 0.351 e. The number of urea groups is 1. The number of piperidine rings is 1. The molecule has 4 N–H and O–H groups in total. The molecule has 0 spiro atoms. The van der Waals surface area contributed by atoms with Crippen LogP contribution in [-0.2, 0) is 5.41 Å². The van der Waals surface area contributed by atoms with Crippen molar-refractivity contribution in [3.8, 4) is 0 Å². The number of nitrogens with two attached hydrogens (primary N) is 2. The minimum Gasteiger partial charge on any atom is -0.351 e. The third kappa shape index (κ3) is 3.31. The molecule has 1 saturated heterocycles. The maximum atomic E-state index is 11.4. The van der Waals surface area contributed by atoms with E-state index >= 15 is 0 Å². The summed E-state index contributed by atoms with van der Waals surface area (Å²) >= 11 is 0. The first-order chi connectivity index (χ1) is 9.27. The van der Waals surface area contributed by atoms with Crippen molar-refractivity contribution in [1.82, 2.24) is 4.90 Å². The molecule has 2 atom stereocenters. The Hall–Kier alpha value is -1.55. The van der Waals surface area contributed by atoms with Crippen molar-refractivity contribution in [2.75, 3.05) is 13.1 Å². The third-order valence-corrected chi connectivity index (χ3v) is 4.04. The van der Waals surface area contributed by atoms with Crippen molar-refractivity contribution < 1.29 is 4.79 Å². The normalized spacial score (nSPS) is 23.7. The molecule has 2 rings (SSSR count). The van der Waals surface area contributed by atoms with Gasteiger partial charge in [-0.2, -0.15) is 0 Å². The number of carbonyl (C=O) groups is 1. The van der Waals surface area contributed by atoms with Gasteiger partial charge in [-0.3, -0.25) is 0 Å². The quantitative estimate of drug-likeness (QED) is 0.824. The molecule has 110 valence electrons. The van der Waals surface area contributed by atoms with Gasteiger partial charge in [-0.25, -0.2) is 4.79 Å². The molecule has 1 aromatic carbocycles. The molecule has 1 heterocycles. The van der Waals surface area contributed by atoms with E-state index in [4.69, 9.17) is 11.5 Å². The van der Waals surface area contributed by atoms with Gasteiger partial charge in [0.15, 0.2) is 0 Å². The zero-order valence-corrected chi connectivity index (χ0v) is 12.6. The topological polar surface area (TPSA) is 72.3 Å². The second kappa shape index (κ2) is 5.44. The van der Waals surface area contributed by atoms with Gasteiger partial charge in [-0.15, -0.1) is 0 Å². The van der Waals surface area contributed by atoms with Gasteiger partial charge in [0.25, 0.3) is 0 Å². The highest BCUT2D eigenvalue weighted by Crippen LogP contribution is 2.29. The van der Waals surface area contributed by atoms with Crippen LogP contribution in [0.15, 0.2) is 24.3 Å². The molecule has 0 radical (unpaired) electrons. The van der Waals surface area contributed by atoms with Crippen molar-refractivity contribution in [1.29, 1.82) is 0 Å². The second-order valence-electron chi connectivity index (χ2n) is 6.81. The SMILES string of the molecule is CC(C)(C)c1ccc(C2CC(N)CN(C(N)=O)C2)cc1. The fraction of sp³-hybridized carbons (Fsp3) is 0.562. The fourth-order valence-corrected chi connectivity index (χ4v) is 2.81. The molecule has 1 aliphatic heterocycles. The van der Waals surface area contributed by atoms with Crippen LogP contribution in [0, 0.1) is 0 Å².